The molecule has 2 aromatic carbocycles. The summed E-state index contributed by atoms with van der Waals surface area (Å²) < 4.78 is 0. The highest BCUT2D eigenvalue weighted by molar-refractivity contribution is 5.68. The molecule has 0 amide bonds. The summed E-state index contributed by atoms with van der Waals surface area (Å²) in [7, 11) is 0. The van der Waals surface area contributed by atoms with Crippen molar-refractivity contribution < 1.29 is 0 Å². The van der Waals surface area contributed by atoms with Crippen molar-refractivity contribution in [1.29, 1.82) is 0 Å². The van der Waals surface area contributed by atoms with E-state index in [1.807, 2.05) is 6.07 Å². The zero-order valence-electron chi connectivity index (χ0n) is 8.27. The first-order valence-electron chi connectivity index (χ1n) is 4.85. The molecular formula is C14H13. The van der Waals surface area contributed by atoms with E-state index < -0.39 is 0 Å². The monoisotopic (exact) mass is 181 g/mol. The Hall–Kier alpha value is -1.56. The molecule has 0 spiro atoms. The van der Waals surface area contributed by atoms with E-state index in [2.05, 4.69) is 61.9 Å². The first-order chi connectivity index (χ1) is 6.92. The van der Waals surface area contributed by atoms with Gasteiger partial charge < -0.3 is 0 Å². The molecule has 0 unspecified atom stereocenters. The maximum atomic E-state index is 2.16. The molecule has 0 atom stereocenters. The molecule has 0 aliphatic heterocycles. The molecular weight excluding hydrogens is 168 g/mol. The lowest BCUT2D eigenvalue weighted by molar-refractivity contribution is 1.42. The van der Waals surface area contributed by atoms with Crippen LogP contribution in [0.1, 0.15) is 12.5 Å². The fraction of sp³-hybridized carbons (Fsp3) is 0.0714. The van der Waals surface area contributed by atoms with Gasteiger partial charge in [-0.3, -0.25) is 0 Å². The van der Waals surface area contributed by atoms with E-state index in [0.29, 0.717) is 0 Å². The molecule has 0 bridgehead atoms. The number of benzene rings is 2. The highest BCUT2D eigenvalue weighted by Crippen LogP contribution is 2.23. The molecule has 2 aromatic rings. The van der Waals surface area contributed by atoms with E-state index >= 15 is 0 Å². The Morgan fingerprint density at radius 1 is 0.786 bits per heavy atom. The van der Waals surface area contributed by atoms with Crippen LogP contribution >= 0.6 is 0 Å². The minimum atomic E-state index is 1.28. The minimum Gasteiger partial charge on any atom is -0.0622 e. The quantitative estimate of drug-likeness (QED) is 0.658. The maximum absolute atomic E-state index is 2.16. The zero-order valence-corrected chi connectivity index (χ0v) is 8.27. The highest BCUT2D eigenvalue weighted by atomic mass is 14.0. The fourth-order valence-corrected chi connectivity index (χ4v) is 1.63. The van der Waals surface area contributed by atoms with Gasteiger partial charge in [-0.15, -0.1) is 0 Å². The van der Waals surface area contributed by atoms with Gasteiger partial charge in [0.2, 0.25) is 0 Å². The van der Waals surface area contributed by atoms with Crippen molar-refractivity contribution in [1.82, 2.24) is 0 Å². The van der Waals surface area contributed by atoms with Gasteiger partial charge in [0, 0.05) is 0 Å². The summed E-state index contributed by atoms with van der Waals surface area (Å²) in [4.78, 5) is 0. The molecule has 0 aliphatic rings. The Bertz CT molecular complexity index is 401. The maximum Gasteiger partial charge on any atom is -0.0118 e. The molecule has 0 aromatic heterocycles. The largest absolute Gasteiger partial charge is 0.0622 e. The summed E-state index contributed by atoms with van der Waals surface area (Å²) in [6.45, 7) is 2.07. The van der Waals surface area contributed by atoms with Gasteiger partial charge in [-0.1, -0.05) is 61.5 Å². The highest BCUT2D eigenvalue weighted by Gasteiger charge is 2.00. The molecule has 1 radical (unpaired) electrons. The first kappa shape index (κ1) is 9.01. The molecule has 0 nitrogen and oxygen atoms in total. The SMILES string of the molecule is C[CH]c1ccccc1-c1ccccc1. The molecule has 2 rings (SSSR count). The van der Waals surface area contributed by atoms with Crippen LogP contribution in [0.4, 0.5) is 0 Å². The van der Waals surface area contributed by atoms with Gasteiger partial charge in [0.15, 0.2) is 0 Å². The second-order valence-electron chi connectivity index (χ2n) is 3.24. The zero-order chi connectivity index (χ0) is 9.80. The minimum absolute atomic E-state index is 1.28. The van der Waals surface area contributed by atoms with E-state index in [1.165, 1.54) is 16.7 Å². The van der Waals surface area contributed by atoms with Crippen molar-refractivity contribution in [3.05, 3.63) is 66.6 Å². The summed E-state index contributed by atoms with van der Waals surface area (Å²) in [5.41, 5.74) is 3.87. The van der Waals surface area contributed by atoms with Crippen LogP contribution in [0.25, 0.3) is 11.1 Å². The molecule has 0 fully saturated rings. The van der Waals surface area contributed by atoms with E-state index in [-0.39, 0.29) is 0 Å². The lowest BCUT2D eigenvalue weighted by Crippen LogP contribution is -1.84. The van der Waals surface area contributed by atoms with Crippen molar-refractivity contribution >= 4 is 0 Å². The van der Waals surface area contributed by atoms with Crippen LogP contribution < -0.4 is 0 Å². The smallest absolute Gasteiger partial charge is 0.0118 e. The average Bonchev–Trinajstić information content (AvgIpc) is 2.30. The Morgan fingerprint density at radius 2 is 1.43 bits per heavy atom. The Kier molecular flexibility index (Phi) is 2.64. The molecule has 0 aliphatic carbocycles. The standard InChI is InChI=1S/C14H13/c1-2-12-8-6-7-11-14(12)13-9-4-3-5-10-13/h2-11H,1H3. The van der Waals surface area contributed by atoms with Gasteiger partial charge in [0.25, 0.3) is 0 Å². The summed E-state index contributed by atoms with van der Waals surface area (Å²) in [5, 5.41) is 0. The van der Waals surface area contributed by atoms with Crippen LogP contribution in [0, 0.1) is 6.42 Å². The lowest BCUT2D eigenvalue weighted by Gasteiger charge is -2.06. The van der Waals surface area contributed by atoms with Gasteiger partial charge in [0.05, 0.1) is 0 Å². The van der Waals surface area contributed by atoms with E-state index in [1.54, 1.807) is 0 Å². The molecule has 69 valence electrons. The second-order valence-corrected chi connectivity index (χ2v) is 3.24. The number of hydrogen-bond acceptors (Lipinski definition) is 0. The second kappa shape index (κ2) is 4.10. The van der Waals surface area contributed by atoms with E-state index in [9.17, 15) is 0 Å². The Labute approximate surface area is 85.2 Å². The van der Waals surface area contributed by atoms with Crippen molar-refractivity contribution in [3.63, 3.8) is 0 Å². The predicted molar refractivity (Wildman–Crippen MR) is 61.0 cm³/mol. The van der Waals surface area contributed by atoms with Crippen molar-refractivity contribution in [2.75, 3.05) is 0 Å². The summed E-state index contributed by atoms with van der Waals surface area (Å²) in [5.74, 6) is 0. The number of hydrogen-bond donors (Lipinski definition) is 0. The molecule has 0 heteroatoms. The van der Waals surface area contributed by atoms with Crippen LogP contribution in [0.2, 0.25) is 0 Å². The third-order valence-corrected chi connectivity index (χ3v) is 2.36. The molecule has 0 saturated heterocycles. The summed E-state index contributed by atoms with van der Waals surface area (Å²) >= 11 is 0. The fourth-order valence-electron chi connectivity index (χ4n) is 1.63. The Morgan fingerprint density at radius 3 is 2.14 bits per heavy atom. The molecule has 0 heterocycles. The van der Waals surface area contributed by atoms with Gasteiger partial charge in [-0.2, -0.15) is 0 Å². The van der Waals surface area contributed by atoms with Gasteiger partial charge in [0.1, 0.15) is 0 Å². The van der Waals surface area contributed by atoms with E-state index in [4.69, 9.17) is 0 Å². The third kappa shape index (κ3) is 1.69. The van der Waals surface area contributed by atoms with Gasteiger partial charge >= 0.3 is 0 Å². The van der Waals surface area contributed by atoms with E-state index in [0.717, 1.165) is 0 Å². The average molecular weight is 181 g/mol. The number of rotatable bonds is 2. The first-order valence-corrected chi connectivity index (χ1v) is 4.85. The van der Waals surface area contributed by atoms with Crippen LogP contribution in [-0.2, 0) is 0 Å². The molecule has 0 saturated carbocycles. The van der Waals surface area contributed by atoms with Crippen LogP contribution in [-0.4, -0.2) is 0 Å². The normalized spacial score (nSPS) is 10.1. The van der Waals surface area contributed by atoms with Crippen molar-refractivity contribution in [2.45, 2.75) is 6.92 Å². The van der Waals surface area contributed by atoms with Gasteiger partial charge in [-0.05, 0) is 23.1 Å². The van der Waals surface area contributed by atoms with Crippen LogP contribution in [0.15, 0.2) is 54.6 Å². The van der Waals surface area contributed by atoms with Crippen LogP contribution in [0.5, 0.6) is 0 Å². The topological polar surface area (TPSA) is 0 Å². The molecule has 0 N–H and O–H groups in total. The molecule has 14 heavy (non-hydrogen) atoms. The third-order valence-electron chi connectivity index (χ3n) is 2.36. The lowest BCUT2D eigenvalue weighted by atomic mass is 9.98. The summed E-state index contributed by atoms with van der Waals surface area (Å²) in [6.07, 6.45) is 2.14. The predicted octanol–water partition coefficient (Wildman–Crippen LogP) is 3.93. The van der Waals surface area contributed by atoms with Crippen molar-refractivity contribution in [2.24, 2.45) is 0 Å². The van der Waals surface area contributed by atoms with Crippen molar-refractivity contribution in [3.8, 4) is 11.1 Å². The van der Waals surface area contributed by atoms with Crippen LogP contribution in [0.3, 0.4) is 0 Å². The summed E-state index contributed by atoms with van der Waals surface area (Å²) in [6, 6.07) is 18.9. The Balaban J connectivity index is 2.51. The van der Waals surface area contributed by atoms with Gasteiger partial charge in [-0.25, -0.2) is 0 Å².